The van der Waals surface area contributed by atoms with Crippen LogP contribution in [0.2, 0.25) is 0 Å². The van der Waals surface area contributed by atoms with Crippen LogP contribution in [0.4, 0.5) is 5.95 Å². The number of sulfone groups is 1. The van der Waals surface area contributed by atoms with E-state index in [-0.39, 0.29) is 23.9 Å². The molecule has 1 unspecified atom stereocenters. The fourth-order valence-electron chi connectivity index (χ4n) is 4.37. The molecule has 0 bridgehead atoms. The summed E-state index contributed by atoms with van der Waals surface area (Å²) in [6.45, 7) is 1.50. The molecule has 1 atom stereocenters. The molecule has 0 radical (unpaired) electrons. The van der Waals surface area contributed by atoms with Crippen molar-refractivity contribution < 1.29 is 13.2 Å². The summed E-state index contributed by atoms with van der Waals surface area (Å²) >= 11 is 0. The summed E-state index contributed by atoms with van der Waals surface area (Å²) in [7, 11) is -3.02. The Bertz CT molecular complexity index is 1220. The Kier molecular flexibility index (Phi) is 6.94. The Morgan fingerprint density at radius 2 is 1.91 bits per heavy atom. The van der Waals surface area contributed by atoms with E-state index in [1.165, 1.54) is 13.2 Å². The van der Waals surface area contributed by atoms with E-state index < -0.39 is 15.9 Å². The van der Waals surface area contributed by atoms with E-state index in [1.807, 2.05) is 36.5 Å². The number of rotatable bonds is 8. The van der Waals surface area contributed by atoms with Gasteiger partial charge in [0.25, 0.3) is 0 Å². The Labute approximate surface area is 193 Å². The number of hydrogen-bond acceptors (Lipinski definition) is 7. The lowest BCUT2D eigenvalue weighted by Gasteiger charge is -2.29. The molecule has 3 aromatic rings. The number of H-pyrrole nitrogens is 1. The first-order valence-electron chi connectivity index (χ1n) is 11.1. The zero-order chi connectivity index (χ0) is 23.4. The molecular formula is C23H30N6O3S. The number of carbonyl (C=O) groups is 1. The number of hydrogen-bond donors (Lipinski definition) is 4. The van der Waals surface area contributed by atoms with Crippen molar-refractivity contribution >= 4 is 32.6 Å². The molecule has 33 heavy (non-hydrogen) atoms. The molecule has 9 nitrogen and oxygen atoms in total. The predicted molar refractivity (Wildman–Crippen MR) is 129 cm³/mol. The Hall–Kier alpha value is -2.98. The number of carbonyl (C=O) groups excluding carboxylic acids is 1. The van der Waals surface area contributed by atoms with Gasteiger partial charge in [0.1, 0.15) is 0 Å². The zero-order valence-electron chi connectivity index (χ0n) is 18.8. The van der Waals surface area contributed by atoms with Gasteiger partial charge in [0.15, 0.2) is 9.84 Å². The third kappa shape index (κ3) is 6.08. The van der Waals surface area contributed by atoms with Crippen LogP contribution in [0.15, 0.2) is 42.7 Å². The highest BCUT2D eigenvalue weighted by atomic mass is 32.2. The normalized spacial score (nSPS) is 19.8. The minimum Gasteiger partial charge on any atom is -0.361 e. The van der Waals surface area contributed by atoms with Crippen molar-refractivity contribution in [1.29, 1.82) is 0 Å². The van der Waals surface area contributed by atoms with E-state index in [0.29, 0.717) is 11.6 Å². The quantitative estimate of drug-likeness (QED) is 0.398. The van der Waals surface area contributed by atoms with Crippen LogP contribution in [-0.4, -0.2) is 53.5 Å². The first-order chi connectivity index (χ1) is 15.8. The minimum atomic E-state index is -3.02. The smallest absolute Gasteiger partial charge is 0.223 e. The van der Waals surface area contributed by atoms with Crippen molar-refractivity contribution in [1.82, 2.24) is 25.6 Å². The van der Waals surface area contributed by atoms with Gasteiger partial charge in [0.05, 0.1) is 17.6 Å². The molecule has 4 N–H and O–H groups in total. The highest BCUT2D eigenvalue weighted by Gasteiger charge is 2.24. The largest absolute Gasteiger partial charge is 0.361 e. The monoisotopic (exact) mass is 470 g/mol. The Morgan fingerprint density at radius 3 is 2.64 bits per heavy atom. The predicted octanol–water partition coefficient (Wildman–Crippen LogP) is 2.50. The van der Waals surface area contributed by atoms with Crippen molar-refractivity contribution in [2.24, 2.45) is 0 Å². The maximum absolute atomic E-state index is 12.0. The topological polar surface area (TPSA) is 129 Å². The number of fused-ring (bicyclic) bond motifs is 1. The van der Waals surface area contributed by atoms with Gasteiger partial charge in [-0.2, -0.15) is 0 Å². The summed E-state index contributed by atoms with van der Waals surface area (Å²) < 4.78 is 22.7. The summed E-state index contributed by atoms with van der Waals surface area (Å²) in [6.07, 6.45) is 8.39. The van der Waals surface area contributed by atoms with Crippen LogP contribution in [0.25, 0.3) is 10.9 Å². The van der Waals surface area contributed by atoms with Gasteiger partial charge in [-0.05, 0) is 49.4 Å². The maximum Gasteiger partial charge on any atom is 0.223 e. The van der Waals surface area contributed by atoms with Gasteiger partial charge < -0.3 is 20.9 Å². The molecule has 1 aliphatic carbocycles. The first-order valence-corrected chi connectivity index (χ1v) is 13.2. The lowest BCUT2D eigenvalue weighted by Crippen LogP contribution is -2.39. The van der Waals surface area contributed by atoms with Gasteiger partial charge >= 0.3 is 0 Å². The van der Waals surface area contributed by atoms with E-state index in [0.717, 1.165) is 42.1 Å². The molecule has 1 aromatic carbocycles. The third-order valence-electron chi connectivity index (χ3n) is 5.95. The van der Waals surface area contributed by atoms with Gasteiger partial charge in [-0.1, -0.05) is 12.1 Å². The molecule has 0 spiro atoms. The van der Waals surface area contributed by atoms with Gasteiger partial charge in [0, 0.05) is 48.6 Å². The van der Waals surface area contributed by atoms with E-state index >= 15 is 0 Å². The second-order valence-electron chi connectivity index (χ2n) is 8.69. The van der Waals surface area contributed by atoms with Crippen molar-refractivity contribution in [3.05, 3.63) is 54.0 Å². The summed E-state index contributed by atoms with van der Waals surface area (Å²) in [5, 5.41) is 10.6. The van der Waals surface area contributed by atoms with Crippen molar-refractivity contribution in [2.75, 3.05) is 17.4 Å². The van der Waals surface area contributed by atoms with Crippen LogP contribution in [0, 0.1) is 0 Å². The molecular weight excluding hydrogens is 440 g/mol. The molecule has 1 aliphatic rings. The van der Waals surface area contributed by atoms with Gasteiger partial charge in [-0.15, -0.1) is 0 Å². The standard InChI is InChI=1S/C23H30N6O3S/c1-15(30)27-22(19-4-3-5-20-18(19)10-12-24-20)21-11-13-25-23(29-21)28-17-8-6-16(7-9-17)26-14-33(2,31)32/h3-5,10-13,16-17,22,24,26H,6-9,14H2,1-2H3,(H,27,30)(H,25,28,29). The molecule has 4 rings (SSSR count). The average Bonchev–Trinajstić information content (AvgIpc) is 3.26. The Morgan fingerprint density at radius 1 is 1.15 bits per heavy atom. The Balaban J connectivity index is 1.47. The number of nitrogens with zero attached hydrogens (tertiary/aromatic N) is 2. The lowest BCUT2D eigenvalue weighted by molar-refractivity contribution is -0.119. The fourth-order valence-corrected chi connectivity index (χ4v) is 4.91. The number of benzene rings is 1. The van der Waals surface area contributed by atoms with Crippen LogP contribution >= 0.6 is 0 Å². The maximum atomic E-state index is 12.0. The van der Waals surface area contributed by atoms with Crippen LogP contribution in [0.1, 0.15) is 49.9 Å². The number of nitrogens with one attached hydrogen (secondary N) is 4. The van der Waals surface area contributed by atoms with Gasteiger partial charge in [-0.3, -0.25) is 4.79 Å². The van der Waals surface area contributed by atoms with Crippen molar-refractivity contribution in [3.8, 4) is 0 Å². The minimum absolute atomic E-state index is 0.0132. The SMILES string of the molecule is CC(=O)NC(c1ccnc(NC2CCC(NCS(C)(=O)=O)CC2)n1)c1cccc2[nH]ccc12. The molecule has 1 saturated carbocycles. The second-order valence-corrected chi connectivity index (χ2v) is 10.8. The van der Waals surface area contributed by atoms with Gasteiger partial charge in [-0.25, -0.2) is 18.4 Å². The first kappa shape index (κ1) is 23.2. The third-order valence-corrected chi connectivity index (χ3v) is 6.65. The molecule has 2 aromatic heterocycles. The van der Waals surface area contributed by atoms with Crippen LogP contribution in [0.3, 0.4) is 0 Å². The summed E-state index contributed by atoms with van der Waals surface area (Å²) in [6, 6.07) is 9.79. The summed E-state index contributed by atoms with van der Waals surface area (Å²) in [4.78, 5) is 24.3. The molecule has 176 valence electrons. The van der Waals surface area contributed by atoms with E-state index in [2.05, 4.69) is 25.9 Å². The van der Waals surface area contributed by atoms with E-state index in [1.54, 1.807) is 6.20 Å². The highest BCUT2D eigenvalue weighted by molar-refractivity contribution is 7.90. The number of amides is 1. The van der Waals surface area contributed by atoms with Crippen molar-refractivity contribution in [3.63, 3.8) is 0 Å². The van der Waals surface area contributed by atoms with E-state index in [9.17, 15) is 13.2 Å². The molecule has 0 saturated heterocycles. The molecule has 1 fully saturated rings. The zero-order valence-corrected chi connectivity index (χ0v) is 19.7. The van der Waals surface area contributed by atoms with Crippen molar-refractivity contribution in [2.45, 2.75) is 50.7 Å². The molecule has 10 heteroatoms. The fraction of sp³-hybridized carbons (Fsp3) is 0.435. The number of anilines is 1. The number of aromatic nitrogens is 3. The van der Waals surface area contributed by atoms with Crippen LogP contribution in [-0.2, 0) is 14.6 Å². The van der Waals surface area contributed by atoms with Crippen LogP contribution in [0.5, 0.6) is 0 Å². The molecule has 0 aliphatic heterocycles. The number of aromatic amines is 1. The molecule has 2 heterocycles. The van der Waals surface area contributed by atoms with Gasteiger partial charge in [0.2, 0.25) is 11.9 Å². The highest BCUT2D eigenvalue weighted by Crippen LogP contribution is 2.28. The summed E-state index contributed by atoms with van der Waals surface area (Å²) in [5.41, 5.74) is 2.67. The van der Waals surface area contributed by atoms with E-state index in [4.69, 9.17) is 4.98 Å². The van der Waals surface area contributed by atoms with Crippen LogP contribution < -0.4 is 16.0 Å². The molecule has 1 amide bonds. The lowest BCUT2D eigenvalue weighted by atomic mass is 9.91. The summed E-state index contributed by atoms with van der Waals surface area (Å²) in [5.74, 6) is 0.400. The second kappa shape index (κ2) is 9.88. The average molecular weight is 471 g/mol.